The number of pyridine rings is 1. The van der Waals surface area contributed by atoms with Gasteiger partial charge >= 0.3 is 0 Å². The number of carbonyl (C=O) groups is 1. The lowest BCUT2D eigenvalue weighted by Crippen LogP contribution is -2.24. The molecule has 3 rings (SSSR count). The molecule has 0 spiro atoms. The van der Waals surface area contributed by atoms with Crippen LogP contribution in [0.5, 0.6) is 5.75 Å². The summed E-state index contributed by atoms with van der Waals surface area (Å²) < 4.78 is 7.10. The maximum absolute atomic E-state index is 13.1. The van der Waals surface area contributed by atoms with Gasteiger partial charge in [0.2, 0.25) is 0 Å². The van der Waals surface area contributed by atoms with Crippen molar-refractivity contribution < 1.29 is 9.53 Å². The van der Waals surface area contributed by atoms with Gasteiger partial charge in [-0.1, -0.05) is 56.0 Å². The van der Waals surface area contributed by atoms with Crippen LogP contribution in [0.4, 0.5) is 0 Å². The summed E-state index contributed by atoms with van der Waals surface area (Å²) in [7, 11) is 3.42. The van der Waals surface area contributed by atoms with E-state index in [2.05, 4.69) is 6.92 Å². The fourth-order valence-corrected chi connectivity index (χ4v) is 4.05. The molecule has 0 N–H and O–H groups in total. The lowest BCUT2D eigenvalue weighted by atomic mass is 9.88. The molecule has 0 aliphatic carbocycles. The summed E-state index contributed by atoms with van der Waals surface area (Å²) in [6.07, 6.45) is 4.84. The predicted molar refractivity (Wildman–Crippen MR) is 119 cm³/mol. The van der Waals surface area contributed by atoms with Crippen molar-refractivity contribution in [2.45, 2.75) is 45.4 Å². The maximum Gasteiger partial charge on any atom is 0.258 e. The Kier molecular flexibility index (Phi) is 6.53. The van der Waals surface area contributed by atoms with Crippen LogP contribution in [-0.4, -0.2) is 18.0 Å². The molecular weight excluding hydrogens is 362 g/mol. The Bertz CT molecular complexity index is 1080. The van der Waals surface area contributed by atoms with Gasteiger partial charge in [0.25, 0.3) is 5.56 Å². The third-order valence-corrected chi connectivity index (χ3v) is 5.59. The van der Waals surface area contributed by atoms with E-state index < -0.39 is 0 Å². The highest BCUT2D eigenvalue weighted by atomic mass is 16.5. The zero-order valence-corrected chi connectivity index (χ0v) is 17.7. The molecule has 1 unspecified atom stereocenters. The first kappa shape index (κ1) is 20.8. The minimum atomic E-state index is -0.328. The zero-order chi connectivity index (χ0) is 21.0. The van der Waals surface area contributed by atoms with Crippen molar-refractivity contribution in [3.8, 4) is 16.9 Å². The lowest BCUT2D eigenvalue weighted by Gasteiger charge is -2.22. The number of aldehydes is 1. The monoisotopic (exact) mass is 391 g/mol. The van der Waals surface area contributed by atoms with Gasteiger partial charge in [0.15, 0.2) is 0 Å². The number of hydrogen-bond acceptors (Lipinski definition) is 3. The number of aryl methyl sites for hydroxylation is 1. The van der Waals surface area contributed by atoms with E-state index in [4.69, 9.17) is 4.74 Å². The van der Waals surface area contributed by atoms with Crippen LogP contribution in [0.3, 0.4) is 0 Å². The number of rotatable bonds is 8. The molecule has 0 aliphatic rings. The van der Waals surface area contributed by atoms with E-state index in [1.54, 1.807) is 18.7 Å². The summed E-state index contributed by atoms with van der Waals surface area (Å²) in [4.78, 5) is 25.3. The average molecular weight is 392 g/mol. The van der Waals surface area contributed by atoms with Gasteiger partial charge in [-0.05, 0) is 42.5 Å². The Morgan fingerprint density at radius 1 is 1.10 bits per heavy atom. The van der Waals surface area contributed by atoms with Gasteiger partial charge in [-0.15, -0.1) is 0 Å². The van der Waals surface area contributed by atoms with Gasteiger partial charge in [0.1, 0.15) is 12.0 Å². The number of unbranched alkanes of at least 4 members (excludes halogenated alkanes) is 2. The average Bonchev–Trinajstić information content (AvgIpc) is 2.74. The summed E-state index contributed by atoms with van der Waals surface area (Å²) >= 11 is 0. The molecule has 3 aromatic rings. The van der Waals surface area contributed by atoms with E-state index in [1.165, 1.54) is 0 Å². The molecular formula is C25H29NO3. The molecule has 0 amide bonds. The first-order valence-corrected chi connectivity index (χ1v) is 10.2. The lowest BCUT2D eigenvalue weighted by molar-refractivity contribution is -0.109. The molecule has 1 heterocycles. The molecule has 2 aromatic carbocycles. The van der Waals surface area contributed by atoms with Crippen LogP contribution < -0.4 is 10.3 Å². The Labute approximate surface area is 172 Å². The molecule has 0 aliphatic heterocycles. The van der Waals surface area contributed by atoms with Crippen LogP contribution in [0, 0.1) is 6.92 Å². The number of methoxy groups -OCH3 is 1. The summed E-state index contributed by atoms with van der Waals surface area (Å²) in [6.45, 7) is 4.16. The minimum absolute atomic E-state index is 0.0658. The second-order valence-electron chi connectivity index (χ2n) is 7.64. The van der Waals surface area contributed by atoms with E-state index >= 15 is 0 Å². The van der Waals surface area contributed by atoms with E-state index in [-0.39, 0.29) is 11.5 Å². The first-order chi connectivity index (χ1) is 14.0. The van der Waals surface area contributed by atoms with Gasteiger partial charge in [-0.2, -0.15) is 0 Å². The van der Waals surface area contributed by atoms with E-state index in [1.807, 2.05) is 49.4 Å². The largest absolute Gasteiger partial charge is 0.497 e. The Balaban J connectivity index is 2.37. The van der Waals surface area contributed by atoms with Gasteiger partial charge < -0.3 is 14.1 Å². The van der Waals surface area contributed by atoms with Crippen LogP contribution in [-0.2, 0) is 11.8 Å². The van der Waals surface area contributed by atoms with Gasteiger partial charge in [0, 0.05) is 23.7 Å². The van der Waals surface area contributed by atoms with Crippen molar-refractivity contribution in [2.75, 3.05) is 7.11 Å². The molecule has 1 atom stereocenters. The highest BCUT2D eigenvalue weighted by Gasteiger charge is 2.23. The Morgan fingerprint density at radius 3 is 2.59 bits per heavy atom. The molecule has 29 heavy (non-hydrogen) atoms. The molecule has 0 saturated carbocycles. The van der Waals surface area contributed by atoms with E-state index in [0.29, 0.717) is 5.39 Å². The van der Waals surface area contributed by atoms with Crippen LogP contribution >= 0.6 is 0 Å². The number of ether oxygens (including phenoxy) is 1. The first-order valence-electron chi connectivity index (χ1n) is 10.2. The van der Waals surface area contributed by atoms with Crippen molar-refractivity contribution in [2.24, 2.45) is 7.05 Å². The van der Waals surface area contributed by atoms with Crippen LogP contribution in [0.15, 0.2) is 47.3 Å². The summed E-state index contributed by atoms with van der Waals surface area (Å²) in [6, 6.07) is 13.7. The fraction of sp³-hybridized carbons (Fsp3) is 0.360. The predicted octanol–water partition coefficient (Wildman–Crippen LogP) is 5.39. The molecule has 4 nitrogen and oxygen atoms in total. The molecule has 0 fully saturated rings. The smallest absolute Gasteiger partial charge is 0.258 e. The molecule has 0 bridgehead atoms. The van der Waals surface area contributed by atoms with Crippen molar-refractivity contribution in [3.63, 3.8) is 0 Å². The second kappa shape index (κ2) is 9.08. The quantitative estimate of drug-likeness (QED) is 0.382. The Morgan fingerprint density at radius 2 is 1.90 bits per heavy atom. The van der Waals surface area contributed by atoms with Crippen LogP contribution in [0.25, 0.3) is 21.9 Å². The van der Waals surface area contributed by atoms with Gasteiger partial charge in [-0.3, -0.25) is 4.79 Å². The number of fused-ring (bicyclic) bond motifs is 1. The van der Waals surface area contributed by atoms with Gasteiger partial charge in [0.05, 0.1) is 13.0 Å². The topological polar surface area (TPSA) is 48.3 Å². The SMILES string of the molecule is CCCCCC(C=O)c1c(-c2cccc(OC)c2)c2cc(C)ccc2c(=O)n1C. The summed E-state index contributed by atoms with van der Waals surface area (Å²) in [5.74, 6) is 0.419. The molecule has 1 aromatic heterocycles. The minimum Gasteiger partial charge on any atom is -0.497 e. The summed E-state index contributed by atoms with van der Waals surface area (Å²) in [5.41, 5.74) is 3.69. The van der Waals surface area contributed by atoms with Crippen molar-refractivity contribution >= 4 is 17.1 Å². The van der Waals surface area contributed by atoms with Gasteiger partial charge in [-0.25, -0.2) is 0 Å². The van der Waals surface area contributed by atoms with Crippen LogP contribution in [0.1, 0.15) is 49.8 Å². The summed E-state index contributed by atoms with van der Waals surface area (Å²) in [5, 5.41) is 1.55. The number of aromatic nitrogens is 1. The number of carbonyl (C=O) groups excluding carboxylic acids is 1. The Hall–Kier alpha value is -2.88. The maximum atomic E-state index is 13.1. The number of hydrogen-bond donors (Lipinski definition) is 0. The third-order valence-electron chi connectivity index (χ3n) is 5.59. The highest BCUT2D eigenvalue weighted by molar-refractivity contribution is 5.99. The number of nitrogens with zero attached hydrogens (tertiary/aromatic N) is 1. The molecule has 0 radical (unpaired) electrons. The zero-order valence-electron chi connectivity index (χ0n) is 17.7. The van der Waals surface area contributed by atoms with Crippen molar-refractivity contribution in [1.29, 1.82) is 0 Å². The fourth-order valence-electron chi connectivity index (χ4n) is 4.05. The van der Waals surface area contributed by atoms with Crippen molar-refractivity contribution in [3.05, 3.63) is 64.1 Å². The third kappa shape index (κ3) is 4.12. The highest BCUT2D eigenvalue weighted by Crippen LogP contribution is 2.37. The number of benzene rings is 2. The second-order valence-corrected chi connectivity index (χ2v) is 7.64. The van der Waals surface area contributed by atoms with Crippen molar-refractivity contribution in [1.82, 2.24) is 4.57 Å². The van der Waals surface area contributed by atoms with E-state index in [0.717, 1.165) is 65.5 Å². The van der Waals surface area contributed by atoms with Crippen LogP contribution in [0.2, 0.25) is 0 Å². The molecule has 4 heteroatoms. The molecule has 152 valence electrons. The normalized spacial score (nSPS) is 12.1. The van der Waals surface area contributed by atoms with E-state index in [9.17, 15) is 9.59 Å². The standard InChI is InChI=1S/C25H29NO3/c1-5-6-7-9-19(16-27)24-23(18-10-8-11-20(15-18)29-4)22-14-17(2)12-13-21(22)25(28)26(24)3/h8,10-16,19H,5-7,9H2,1-4H3. The molecule has 0 saturated heterocycles.